The van der Waals surface area contributed by atoms with Crippen molar-refractivity contribution >= 4 is 51.1 Å². The topological polar surface area (TPSA) is 50.2 Å². The van der Waals surface area contributed by atoms with Gasteiger partial charge in [0.05, 0.1) is 6.54 Å². The second-order valence-electron chi connectivity index (χ2n) is 13.2. The third-order valence-corrected chi connectivity index (χ3v) is 9.96. The van der Waals surface area contributed by atoms with Crippen molar-refractivity contribution < 1.29 is 4.42 Å². The zero-order chi connectivity index (χ0) is 36.3. The lowest BCUT2D eigenvalue weighted by Crippen LogP contribution is -2.06. The van der Waals surface area contributed by atoms with Gasteiger partial charge in [0.15, 0.2) is 11.7 Å². The Labute approximate surface area is 314 Å². The van der Waals surface area contributed by atoms with Crippen LogP contribution in [-0.2, 0) is 6.54 Å². The Morgan fingerprint density at radius 2 is 1.06 bits per heavy atom. The van der Waals surface area contributed by atoms with Gasteiger partial charge in [0.25, 0.3) is 0 Å². The summed E-state index contributed by atoms with van der Waals surface area (Å²) in [6.07, 6.45) is 0. The van der Waals surface area contributed by atoms with Gasteiger partial charge in [-0.1, -0.05) is 170 Å². The van der Waals surface area contributed by atoms with Crippen LogP contribution in [0.3, 0.4) is 0 Å². The number of aliphatic imine (C=N–C) groups is 3. The van der Waals surface area contributed by atoms with E-state index in [1.165, 1.54) is 21.9 Å². The van der Waals surface area contributed by atoms with Crippen molar-refractivity contribution in [2.45, 2.75) is 6.54 Å². The Morgan fingerprint density at radius 1 is 0.463 bits per heavy atom. The van der Waals surface area contributed by atoms with Crippen LogP contribution >= 0.6 is 0 Å². The smallest absolute Gasteiger partial charge is 0.161 e. The molecule has 0 unspecified atom stereocenters. The van der Waals surface area contributed by atoms with Crippen LogP contribution in [0.4, 0.5) is 0 Å². The molecule has 1 aromatic heterocycles. The second-order valence-corrected chi connectivity index (χ2v) is 13.2. The van der Waals surface area contributed by atoms with E-state index in [1.807, 2.05) is 48.5 Å². The van der Waals surface area contributed by atoms with Gasteiger partial charge in [0.2, 0.25) is 0 Å². The highest BCUT2D eigenvalue weighted by Gasteiger charge is 2.17. The fraction of sp³-hybridized carbons (Fsp3) is 0.0200. The molecule has 0 aliphatic heterocycles. The SMILES string of the molecule is C=NC(=NC(=NCc1c(-c2ccc(-c3ccc4ccccc4c3)cc2)ccc2oc3ccccc3c12)c1ccc(-c2ccccc2)cc1)c1ccccc1. The molecule has 0 aliphatic carbocycles. The first kappa shape index (κ1) is 32.7. The number of para-hydroxylation sites is 1. The number of nitrogens with zero attached hydrogens (tertiary/aromatic N) is 3. The molecule has 0 amide bonds. The predicted octanol–water partition coefficient (Wildman–Crippen LogP) is 12.8. The van der Waals surface area contributed by atoms with E-state index in [2.05, 4.69) is 151 Å². The Morgan fingerprint density at radius 3 is 1.83 bits per heavy atom. The summed E-state index contributed by atoms with van der Waals surface area (Å²) < 4.78 is 6.38. The van der Waals surface area contributed by atoms with Crippen molar-refractivity contribution in [1.82, 2.24) is 0 Å². The van der Waals surface area contributed by atoms with Crippen LogP contribution < -0.4 is 0 Å². The Bertz CT molecular complexity index is 2830. The van der Waals surface area contributed by atoms with Crippen LogP contribution in [0.2, 0.25) is 0 Å². The van der Waals surface area contributed by atoms with E-state index < -0.39 is 0 Å². The Kier molecular flexibility index (Phi) is 8.76. The number of amidine groups is 2. The fourth-order valence-corrected chi connectivity index (χ4v) is 7.20. The summed E-state index contributed by atoms with van der Waals surface area (Å²) >= 11 is 0. The maximum absolute atomic E-state index is 6.38. The van der Waals surface area contributed by atoms with Crippen LogP contribution in [0.5, 0.6) is 0 Å². The van der Waals surface area contributed by atoms with E-state index in [9.17, 15) is 0 Å². The van der Waals surface area contributed by atoms with Crippen molar-refractivity contribution in [3.05, 3.63) is 205 Å². The van der Waals surface area contributed by atoms with Crippen LogP contribution in [0.15, 0.2) is 207 Å². The molecule has 0 spiro atoms. The highest BCUT2D eigenvalue weighted by molar-refractivity contribution is 6.13. The van der Waals surface area contributed by atoms with E-state index in [4.69, 9.17) is 14.4 Å². The summed E-state index contributed by atoms with van der Waals surface area (Å²) in [7, 11) is 0. The highest BCUT2D eigenvalue weighted by atomic mass is 16.3. The molecule has 0 saturated carbocycles. The number of rotatable bonds is 7. The van der Waals surface area contributed by atoms with E-state index in [0.29, 0.717) is 18.2 Å². The van der Waals surface area contributed by atoms with Crippen LogP contribution in [-0.4, -0.2) is 18.4 Å². The molecule has 4 heteroatoms. The zero-order valence-corrected chi connectivity index (χ0v) is 29.6. The summed E-state index contributed by atoms with van der Waals surface area (Å²) in [5.41, 5.74) is 11.3. The number of benzene rings is 8. The molecular weight excluding hydrogens is 659 g/mol. The maximum Gasteiger partial charge on any atom is 0.161 e. The number of hydrogen-bond acceptors (Lipinski definition) is 2. The molecule has 0 N–H and O–H groups in total. The number of furan rings is 1. The number of hydrogen-bond donors (Lipinski definition) is 0. The van der Waals surface area contributed by atoms with Gasteiger partial charge in [-0.25, -0.2) is 9.98 Å². The Balaban J connectivity index is 1.17. The summed E-state index contributed by atoms with van der Waals surface area (Å²) in [5, 5.41) is 4.58. The minimum Gasteiger partial charge on any atom is -0.456 e. The minimum atomic E-state index is 0.362. The predicted molar refractivity (Wildman–Crippen MR) is 227 cm³/mol. The van der Waals surface area contributed by atoms with E-state index in [1.54, 1.807) is 0 Å². The molecule has 9 rings (SSSR count). The molecule has 256 valence electrons. The Hall–Kier alpha value is -7.17. The standard InChI is InChI=1S/C50H35N3O/c1-51-49(39-15-6-3-7-16-39)53-50(40-27-22-36(23-28-40)34-12-4-2-5-13-34)52-33-45-43(30-31-47-48(45)44-18-10-11-19-46(44)54-47)38-25-20-37(21-26-38)42-29-24-35-14-8-9-17-41(35)32-42/h2-32H,1,33H2. The van der Waals surface area contributed by atoms with Gasteiger partial charge in [-0.15, -0.1) is 0 Å². The summed E-state index contributed by atoms with van der Waals surface area (Å²) in [6, 6.07) is 65.0. The van der Waals surface area contributed by atoms with Crippen molar-refractivity contribution in [2.75, 3.05) is 0 Å². The monoisotopic (exact) mass is 693 g/mol. The maximum atomic E-state index is 6.38. The molecule has 0 aliphatic rings. The van der Waals surface area contributed by atoms with Gasteiger partial charge in [-0.3, -0.25) is 4.99 Å². The molecule has 8 aromatic carbocycles. The van der Waals surface area contributed by atoms with Crippen molar-refractivity contribution in [1.29, 1.82) is 0 Å². The van der Waals surface area contributed by atoms with Gasteiger partial charge in [-0.05, 0) is 74.6 Å². The molecule has 9 aromatic rings. The van der Waals surface area contributed by atoms with Gasteiger partial charge in [-0.2, -0.15) is 0 Å². The van der Waals surface area contributed by atoms with Gasteiger partial charge in [0.1, 0.15) is 11.2 Å². The van der Waals surface area contributed by atoms with Gasteiger partial charge >= 0.3 is 0 Å². The molecule has 0 bridgehead atoms. The summed E-state index contributed by atoms with van der Waals surface area (Å²) in [5.74, 6) is 1.08. The third kappa shape index (κ3) is 6.42. The lowest BCUT2D eigenvalue weighted by Gasteiger charge is -2.12. The van der Waals surface area contributed by atoms with E-state index >= 15 is 0 Å². The van der Waals surface area contributed by atoms with E-state index in [0.717, 1.165) is 60.9 Å². The molecule has 0 radical (unpaired) electrons. The average Bonchev–Trinajstić information content (AvgIpc) is 3.63. The van der Waals surface area contributed by atoms with Crippen molar-refractivity contribution in [2.24, 2.45) is 15.0 Å². The summed E-state index contributed by atoms with van der Waals surface area (Å²) in [6.45, 7) is 4.24. The molecule has 54 heavy (non-hydrogen) atoms. The number of fused-ring (bicyclic) bond motifs is 4. The third-order valence-electron chi connectivity index (χ3n) is 9.96. The average molecular weight is 694 g/mol. The minimum absolute atomic E-state index is 0.362. The van der Waals surface area contributed by atoms with Crippen LogP contribution in [0, 0.1) is 0 Å². The molecule has 0 fully saturated rings. The lowest BCUT2D eigenvalue weighted by molar-refractivity contribution is 0.668. The van der Waals surface area contributed by atoms with Crippen molar-refractivity contribution in [3.63, 3.8) is 0 Å². The lowest BCUT2D eigenvalue weighted by atomic mass is 9.93. The molecule has 4 nitrogen and oxygen atoms in total. The van der Waals surface area contributed by atoms with Gasteiger partial charge < -0.3 is 4.42 Å². The molecule has 1 heterocycles. The van der Waals surface area contributed by atoms with E-state index in [-0.39, 0.29) is 0 Å². The first-order valence-corrected chi connectivity index (χ1v) is 18.1. The molecular formula is C50H35N3O. The van der Waals surface area contributed by atoms with Crippen LogP contribution in [0.1, 0.15) is 16.7 Å². The van der Waals surface area contributed by atoms with Gasteiger partial charge in [0, 0.05) is 21.9 Å². The van der Waals surface area contributed by atoms with Crippen LogP contribution in [0.25, 0.3) is 66.1 Å². The fourth-order valence-electron chi connectivity index (χ4n) is 7.20. The first-order chi connectivity index (χ1) is 26.7. The first-order valence-electron chi connectivity index (χ1n) is 18.1. The molecule has 0 atom stereocenters. The summed E-state index contributed by atoms with van der Waals surface area (Å²) in [4.78, 5) is 14.7. The second kappa shape index (κ2) is 14.5. The zero-order valence-electron chi connectivity index (χ0n) is 29.6. The largest absolute Gasteiger partial charge is 0.456 e. The normalized spacial score (nSPS) is 12.1. The molecule has 0 saturated heterocycles. The van der Waals surface area contributed by atoms with Crippen molar-refractivity contribution in [3.8, 4) is 33.4 Å². The quantitative estimate of drug-likeness (QED) is 0.121. The highest BCUT2D eigenvalue weighted by Crippen LogP contribution is 2.38.